The average Bonchev–Trinajstić information content (AvgIpc) is 2.74. The molecule has 1 heterocycles. The predicted molar refractivity (Wildman–Crippen MR) is 91.9 cm³/mol. The van der Waals surface area contributed by atoms with Crippen LogP contribution in [-0.4, -0.2) is 18.4 Å². The third-order valence-electron chi connectivity index (χ3n) is 4.35. The Hall–Kier alpha value is -2.62. The summed E-state index contributed by atoms with van der Waals surface area (Å²) in [6.45, 7) is 6.39. The van der Waals surface area contributed by atoms with Gasteiger partial charge in [-0.1, -0.05) is 24.3 Å². The average molecular weight is 308 g/mol. The molecule has 2 amide bonds. The van der Waals surface area contributed by atoms with E-state index >= 15 is 0 Å². The van der Waals surface area contributed by atoms with Crippen LogP contribution in [0.25, 0.3) is 0 Å². The van der Waals surface area contributed by atoms with Crippen LogP contribution in [0.2, 0.25) is 0 Å². The van der Waals surface area contributed by atoms with Gasteiger partial charge in [0.2, 0.25) is 5.91 Å². The maximum atomic E-state index is 12.5. The van der Waals surface area contributed by atoms with Gasteiger partial charge < -0.3 is 10.2 Å². The summed E-state index contributed by atoms with van der Waals surface area (Å²) in [5.41, 5.74) is 2.57. The smallest absolute Gasteiger partial charge is 0.255 e. The number of nitrogens with zero attached hydrogens (tertiary/aromatic N) is 1. The fourth-order valence-electron chi connectivity index (χ4n) is 3.03. The number of fused-ring (bicyclic) bond motifs is 1. The van der Waals surface area contributed by atoms with Gasteiger partial charge in [-0.25, -0.2) is 0 Å². The van der Waals surface area contributed by atoms with Crippen LogP contribution in [-0.2, 0) is 10.2 Å². The maximum Gasteiger partial charge on any atom is 0.255 e. The van der Waals surface area contributed by atoms with Crippen molar-refractivity contribution in [3.8, 4) is 0 Å². The van der Waals surface area contributed by atoms with Crippen molar-refractivity contribution in [1.82, 2.24) is 0 Å². The quantitative estimate of drug-likeness (QED) is 0.942. The number of nitrogens with one attached hydrogen (secondary N) is 1. The van der Waals surface area contributed by atoms with Crippen LogP contribution in [0.3, 0.4) is 0 Å². The summed E-state index contributed by atoms with van der Waals surface area (Å²) >= 11 is 0. The van der Waals surface area contributed by atoms with E-state index in [0.717, 1.165) is 16.9 Å². The Morgan fingerprint density at radius 3 is 2.48 bits per heavy atom. The largest absolute Gasteiger partial charge is 0.322 e. The second-order valence-corrected chi connectivity index (χ2v) is 6.23. The third-order valence-corrected chi connectivity index (χ3v) is 4.35. The van der Waals surface area contributed by atoms with Crippen molar-refractivity contribution in [2.24, 2.45) is 0 Å². The SMILES string of the molecule is CCN1C(=O)C(C)(C)c2ccc(C(=O)Nc3ccccc3)cc21. The van der Waals surface area contributed by atoms with Crippen molar-refractivity contribution in [2.75, 3.05) is 16.8 Å². The molecule has 23 heavy (non-hydrogen) atoms. The summed E-state index contributed by atoms with van der Waals surface area (Å²) in [5.74, 6) is -0.0946. The van der Waals surface area contributed by atoms with Crippen LogP contribution >= 0.6 is 0 Å². The van der Waals surface area contributed by atoms with Gasteiger partial charge in [0.15, 0.2) is 0 Å². The van der Waals surface area contributed by atoms with Crippen molar-refractivity contribution < 1.29 is 9.59 Å². The first-order valence-electron chi connectivity index (χ1n) is 7.78. The van der Waals surface area contributed by atoms with Gasteiger partial charge in [-0.2, -0.15) is 0 Å². The first-order valence-corrected chi connectivity index (χ1v) is 7.78. The van der Waals surface area contributed by atoms with Gasteiger partial charge in [0, 0.05) is 23.5 Å². The number of hydrogen-bond donors (Lipinski definition) is 1. The Kier molecular flexibility index (Phi) is 3.68. The zero-order valence-electron chi connectivity index (χ0n) is 13.6. The number of likely N-dealkylation sites (N-methyl/N-ethyl adjacent to an activating group) is 1. The molecule has 0 radical (unpaired) electrons. The monoisotopic (exact) mass is 308 g/mol. The molecular weight excluding hydrogens is 288 g/mol. The fourth-order valence-corrected chi connectivity index (χ4v) is 3.03. The van der Waals surface area contributed by atoms with Crippen LogP contribution in [0.5, 0.6) is 0 Å². The van der Waals surface area contributed by atoms with E-state index in [1.807, 2.05) is 63.2 Å². The van der Waals surface area contributed by atoms with E-state index in [2.05, 4.69) is 5.32 Å². The Balaban J connectivity index is 1.94. The standard InChI is InChI=1S/C19H20N2O2/c1-4-21-16-12-13(10-11-15(16)19(2,3)18(21)23)17(22)20-14-8-6-5-7-9-14/h5-12H,4H2,1-3H3,(H,20,22). The Morgan fingerprint density at radius 2 is 1.83 bits per heavy atom. The molecule has 2 aromatic rings. The predicted octanol–water partition coefficient (Wildman–Crippen LogP) is 3.58. The van der Waals surface area contributed by atoms with Gasteiger partial charge in [0.25, 0.3) is 5.91 Å². The number of rotatable bonds is 3. The minimum absolute atomic E-state index is 0.0793. The third kappa shape index (κ3) is 2.50. The summed E-state index contributed by atoms with van der Waals surface area (Å²) in [7, 11) is 0. The molecule has 2 aromatic carbocycles. The summed E-state index contributed by atoms with van der Waals surface area (Å²) in [6, 6.07) is 14.8. The van der Waals surface area contributed by atoms with E-state index in [-0.39, 0.29) is 11.8 Å². The van der Waals surface area contributed by atoms with Gasteiger partial charge in [0.1, 0.15) is 0 Å². The van der Waals surface area contributed by atoms with Gasteiger partial charge in [-0.05, 0) is 50.6 Å². The highest BCUT2D eigenvalue weighted by atomic mass is 16.2. The molecule has 0 aliphatic carbocycles. The Morgan fingerprint density at radius 1 is 1.13 bits per heavy atom. The lowest BCUT2D eigenvalue weighted by Gasteiger charge is -2.18. The summed E-state index contributed by atoms with van der Waals surface area (Å²) in [5, 5.41) is 2.87. The van der Waals surface area contributed by atoms with E-state index in [9.17, 15) is 9.59 Å². The summed E-state index contributed by atoms with van der Waals surface area (Å²) in [4.78, 5) is 26.7. The van der Waals surface area contributed by atoms with Crippen LogP contribution in [0.15, 0.2) is 48.5 Å². The van der Waals surface area contributed by atoms with Crippen LogP contribution in [0, 0.1) is 0 Å². The Labute approximate surface area is 136 Å². The highest BCUT2D eigenvalue weighted by molar-refractivity contribution is 6.10. The van der Waals surface area contributed by atoms with Crippen molar-refractivity contribution in [3.63, 3.8) is 0 Å². The molecule has 0 bridgehead atoms. The normalized spacial score (nSPS) is 15.4. The number of anilines is 2. The molecule has 1 N–H and O–H groups in total. The number of para-hydroxylation sites is 1. The van der Waals surface area contributed by atoms with Crippen LogP contribution in [0.4, 0.5) is 11.4 Å². The van der Waals surface area contributed by atoms with Gasteiger partial charge in [-0.3, -0.25) is 9.59 Å². The Bertz CT molecular complexity index is 766. The topological polar surface area (TPSA) is 49.4 Å². The zero-order chi connectivity index (χ0) is 16.6. The van der Waals surface area contributed by atoms with Crippen molar-refractivity contribution in [1.29, 1.82) is 0 Å². The molecule has 4 heteroatoms. The fraction of sp³-hybridized carbons (Fsp3) is 0.263. The van der Waals surface area contributed by atoms with Crippen LogP contribution in [0.1, 0.15) is 36.7 Å². The second kappa shape index (κ2) is 5.54. The highest BCUT2D eigenvalue weighted by Crippen LogP contribution is 2.41. The minimum Gasteiger partial charge on any atom is -0.322 e. The molecule has 0 saturated heterocycles. The number of carbonyl (C=O) groups is 2. The second-order valence-electron chi connectivity index (χ2n) is 6.23. The summed E-state index contributed by atoms with van der Waals surface area (Å²) in [6.07, 6.45) is 0. The lowest BCUT2D eigenvalue weighted by atomic mass is 9.86. The summed E-state index contributed by atoms with van der Waals surface area (Å²) < 4.78 is 0. The first-order chi connectivity index (χ1) is 10.9. The molecule has 118 valence electrons. The first kappa shape index (κ1) is 15.3. The van der Waals surface area contributed by atoms with E-state index < -0.39 is 5.41 Å². The maximum absolute atomic E-state index is 12.5. The number of benzene rings is 2. The van der Waals surface area contributed by atoms with Gasteiger partial charge in [-0.15, -0.1) is 0 Å². The van der Waals surface area contributed by atoms with Gasteiger partial charge >= 0.3 is 0 Å². The van der Waals surface area contributed by atoms with Crippen molar-refractivity contribution in [3.05, 3.63) is 59.7 Å². The molecule has 0 atom stereocenters. The lowest BCUT2D eigenvalue weighted by Crippen LogP contribution is -2.35. The van der Waals surface area contributed by atoms with Crippen molar-refractivity contribution in [2.45, 2.75) is 26.2 Å². The molecule has 1 aliphatic heterocycles. The van der Waals surface area contributed by atoms with E-state index in [1.54, 1.807) is 11.0 Å². The molecule has 1 aliphatic rings. The van der Waals surface area contributed by atoms with E-state index in [4.69, 9.17) is 0 Å². The lowest BCUT2D eigenvalue weighted by molar-refractivity contribution is -0.122. The minimum atomic E-state index is -0.542. The molecule has 0 fully saturated rings. The van der Waals surface area contributed by atoms with E-state index in [1.165, 1.54) is 0 Å². The number of hydrogen-bond acceptors (Lipinski definition) is 2. The van der Waals surface area contributed by atoms with Crippen LogP contribution < -0.4 is 10.2 Å². The molecular formula is C19H20N2O2. The van der Waals surface area contributed by atoms with Gasteiger partial charge in [0.05, 0.1) is 5.41 Å². The molecule has 0 aromatic heterocycles. The molecule has 3 rings (SSSR count). The zero-order valence-corrected chi connectivity index (χ0v) is 13.6. The molecule has 0 unspecified atom stereocenters. The molecule has 0 saturated carbocycles. The molecule has 4 nitrogen and oxygen atoms in total. The van der Waals surface area contributed by atoms with Crippen molar-refractivity contribution >= 4 is 23.2 Å². The highest BCUT2D eigenvalue weighted by Gasteiger charge is 2.43. The number of carbonyl (C=O) groups excluding carboxylic acids is 2. The molecule has 0 spiro atoms. The van der Waals surface area contributed by atoms with E-state index in [0.29, 0.717) is 12.1 Å². The number of amides is 2.